The van der Waals surface area contributed by atoms with Crippen molar-refractivity contribution >= 4 is 17.7 Å². The van der Waals surface area contributed by atoms with Gasteiger partial charge in [0.15, 0.2) is 5.16 Å². The summed E-state index contributed by atoms with van der Waals surface area (Å²) in [5.74, 6) is 0.382. The molecule has 2 heterocycles. The molecule has 100 valence electrons. The number of carbonyl (C=O) groups excluding carboxylic acids is 1. The van der Waals surface area contributed by atoms with Gasteiger partial charge in [-0.1, -0.05) is 11.8 Å². The van der Waals surface area contributed by atoms with Gasteiger partial charge < -0.3 is 14.9 Å². The van der Waals surface area contributed by atoms with Crippen LogP contribution in [0.25, 0.3) is 0 Å². The van der Waals surface area contributed by atoms with E-state index in [1.165, 1.54) is 24.6 Å². The number of carbonyl (C=O) groups is 1. The number of thioether (sulfide) groups is 1. The molecule has 1 aliphatic rings. The summed E-state index contributed by atoms with van der Waals surface area (Å²) in [4.78, 5) is 14.7. The highest BCUT2D eigenvalue weighted by atomic mass is 32.2. The molecule has 1 saturated carbocycles. The molecule has 0 saturated heterocycles. The van der Waals surface area contributed by atoms with Crippen LogP contribution >= 0.6 is 11.8 Å². The van der Waals surface area contributed by atoms with Crippen LogP contribution in [0.1, 0.15) is 24.4 Å². The third kappa shape index (κ3) is 3.17. The molecule has 0 bridgehead atoms. The summed E-state index contributed by atoms with van der Waals surface area (Å²) in [6.07, 6.45) is 7.83. The average molecular weight is 277 g/mol. The summed E-state index contributed by atoms with van der Waals surface area (Å²) in [6.45, 7) is 0.554. The Morgan fingerprint density at radius 2 is 2.47 bits per heavy atom. The lowest BCUT2D eigenvalue weighted by Gasteiger charge is -2.05. The highest BCUT2D eigenvalue weighted by molar-refractivity contribution is 7.99. The number of rotatable bonds is 6. The number of hydrogen-bond acceptors (Lipinski definition) is 4. The minimum Gasteiger partial charge on any atom is -0.367 e. The second-order valence-corrected chi connectivity index (χ2v) is 5.48. The van der Waals surface area contributed by atoms with E-state index >= 15 is 0 Å². The second-order valence-electron chi connectivity index (χ2n) is 4.54. The van der Waals surface area contributed by atoms with E-state index < -0.39 is 0 Å². The lowest BCUT2D eigenvalue weighted by Crippen LogP contribution is -2.24. The molecule has 6 nitrogen and oxygen atoms in total. The first-order valence-electron chi connectivity index (χ1n) is 6.23. The maximum atomic E-state index is 11.7. The minimum atomic E-state index is 0.0107. The summed E-state index contributed by atoms with van der Waals surface area (Å²) in [5.41, 5.74) is 1.07. The predicted molar refractivity (Wildman–Crippen MR) is 71.7 cm³/mol. The summed E-state index contributed by atoms with van der Waals surface area (Å²) in [7, 11) is 0. The largest absolute Gasteiger partial charge is 0.367 e. The van der Waals surface area contributed by atoms with Crippen molar-refractivity contribution in [3.63, 3.8) is 0 Å². The summed E-state index contributed by atoms with van der Waals surface area (Å²) in [6, 6.07) is 2.48. The maximum Gasteiger partial charge on any atom is 0.230 e. The van der Waals surface area contributed by atoms with E-state index in [1.807, 2.05) is 18.5 Å². The van der Waals surface area contributed by atoms with E-state index in [1.54, 1.807) is 6.33 Å². The maximum absolute atomic E-state index is 11.7. The van der Waals surface area contributed by atoms with Crippen molar-refractivity contribution in [2.24, 2.45) is 0 Å². The molecule has 2 aromatic heterocycles. The number of aromatic amines is 1. The second kappa shape index (κ2) is 5.48. The Morgan fingerprint density at radius 1 is 1.58 bits per heavy atom. The van der Waals surface area contributed by atoms with Crippen LogP contribution in [0.5, 0.6) is 0 Å². The van der Waals surface area contributed by atoms with Gasteiger partial charge in [0.1, 0.15) is 6.33 Å². The van der Waals surface area contributed by atoms with Crippen molar-refractivity contribution in [1.82, 2.24) is 25.1 Å². The Bertz CT molecular complexity index is 546. The van der Waals surface area contributed by atoms with Crippen LogP contribution in [-0.2, 0) is 11.3 Å². The first-order valence-corrected chi connectivity index (χ1v) is 7.22. The molecule has 1 amide bonds. The van der Waals surface area contributed by atoms with Crippen LogP contribution in [0.2, 0.25) is 0 Å². The van der Waals surface area contributed by atoms with Gasteiger partial charge >= 0.3 is 0 Å². The van der Waals surface area contributed by atoms with Crippen molar-refractivity contribution in [3.8, 4) is 0 Å². The van der Waals surface area contributed by atoms with Gasteiger partial charge in [-0.25, -0.2) is 0 Å². The summed E-state index contributed by atoms with van der Waals surface area (Å²) < 4.78 is 2.06. The number of hydrogen-bond donors (Lipinski definition) is 2. The van der Waals surface area contributed by atoms with Gasteiger partial charge in [0.2, 0.25) is 5.91 Å². The molecule has 2 aromatic rings. The van der Waals surface area contributed by atoms with Crippen molar-refractivity contribution in [3.05, 3.63) is 30.4 Å². The van der Waals surface area contributed by atoms with Gasteiger partial charge in [-0.15, -0.1) is 10.2 Å². The fourth-order valence-corrected chi connectivity index (χ4v) is 2.60. The fourth-order valence-electron chi connectivity index (χ4n) is 1.79. The highest BCUT2D eigenvalue weighted by Gasteiger charge is 2.26. The quantitative estimate of drug-likeness (QED) is 0.782. The zero-order valence-electron chi connectivity index (χ0n) is 10.4. The molecular formula is C12H15N5OS. The average Bonchev–Trinajstić information content (AvgIpc) is 2.94. The molecule has 0 aliphatic heterocycles. The molecule has 1 aliphatic carbocycles. The Labute approximate surface area is 115 Å². The monoisotopic (exact) mass is 277 g/mol. The Hall–Kier alpha value is -1.76. The molecule has 1 fully saturated rings. The molecule has 0 spiro atoms. The highest BCUT2D eigenvalue weighted by Crippen LogP contribution is 2.37. The van der Waals surface area contributed by atoms with E-state index in [2.05, 4.69) is 25.1 Å². The Morgan fingerprint density at radius 3 is 3.21 bits per heavy atom. The smallest absolute Gasteiger partial charge is 0.230 e. The molecule has 0 atom stereocenters. The summed E-state index contributed by atoms with van der Waals surface area (Å²) in [5, 5.41) is 11.7. The van der Waals surface area contributed by atoms with Crippen LogP contribution < -0.4 is 5.32 Å². The normalized spacial score (nSPS) is 14.5. The molecule has 0 unspecified atom stereocenters. The number of nitrogens with one attached hydrogen (secondary N) is 2. The third-order valence-corrected chi connectivity index (χ3v) is 3.92. The van der Waals surface area contributed by atoms with Gasteiger partial charge in [-0.3, -0.25) is 4.79 Å². The minimum absolute atomic E-state index is 0.0107. The number of amides is 1. The topological polar surface area (TPSA) is 75.6 Å². The summed E-state index contributed by atoms with van der Waals surface area (Å²) >= 11 is 1.44. The van der Waals surface area contributed by atoms with Crippen LogP contribution in [0, 0.1) is 0 Å². The van der Waals surface area contributed by atoms with E-state index in [4.69, 9.17) is 0 Å². The van der Waals surface area contributed by atoms with Gasteiger partial charge in [0, 0.05) is 25.0 Å². The van der Waals surface area contributed by atoms with Gasteiger partial charge in [-0.05, 0) is 24.5 Å². The predicted octanol–water partition coefficient (Wildman–Crippen LogP) is 1.35. The first-order chi connectivity index (χ1) is 9.33. The van der Waals surface area contributed by atoms with Crippen molar-refractivity contribution < 1.29 is 4.79 Å². The molecular weight excluding hydrogens is 262 g/mol. The fraction of sp³-hybridized carbons (Fsp3) is 0.417. The van der Waals surface area contributed by atoms with Gasteiger partial charge in [-0.2, -0.15) is 0 Å². The standard InChI is InChI=1S/C12H15N5OS/c18-11(14-6-9-3-4-13-5-9)7-19-12-16-15-8-17(12)10-1-2-10/h3-5,8,10,13H,1-2,6-7H2,(H,14,18). The van der Waals surface area contributed by atoms with E-state index in [0.29, 0.717) is 18.3 Å². The van der Waals surface area contributed by atoms with Crippen LogP contribution in [-0.4, -0.2) is 31.4 Å². The molecule has 0 aromatic carbocycles. The van der Waals surface area contributed by atoms with Gasteiger partial charge in [0.05, 0.1) is 5.75 Å². The molecule has 0 radical (unpaired) electrons. The van der Waals surface area contributed by atoms with Crippen LogP contribution in [0.3, 0.4) is 0 Å². The van der Waals surface area contributed by atoms with E-state index in [-0.39, 0.29) is 5.91 Å². The SMILES string of the molecule is O=C(CSc1nncn1C1CC1)NCc1cc[nH]c1. The molecule has 19 heavy (non-hydrogen) atoms. The van der Waals surface area contributed by atoms with Crippen LogP contribution in [0.4, 0.5) is 0 Å². The number of nitrogens with zero attached hydrogens (tertiary/aromatic N) is 3. The Kier molecular flexibility index (Phi) is 3.54. The van der Waals surface area contributed by atoms with Gasteiger partial charge in [0.25, 0.3) is 0 Å². The first kappa shape index (κ1) is 12.3. The van der Waals surface area contributed by atoms with E-state index in [9.17, 15) is 4.79 Å². The zero-order valence-corrected chi connectivity index (χ0v) is 11.2. The lowest BCUT2D eigenvalue weighted by molar-refractivity contribution is -0.118. The zero-order chi connectivity index (χ0) is 13.1. The van der Waals surface area contributed by atoms with Crippen molar-refractivity contribution in [2.45, 2.75) is 30.6 Å². The number of aromatic nitrogens is 4. The van der Waals surface area contributed by atoms with Crippen LogP contribution in [0.15, 0.2) is 29.9 Å². The van der Waals surface area contributed by atoms with Crippen molar-refractivity contribution in [2.75, 3.05) is 5.75 Å². The van der Waals surface area contributed by atoms with E-state index in [0.717, 1.165) is 10.7 Å². The number of H-pyrrole nitrogens is 1. The molecule has 3 rings (SSSR count). The third-order valence-electron chi connectivity index (χ3n) is 2.96. The molecule has 2 N–H and O–H groups in total. The lowest BCUT2D eigenvalue weighted by atomic mass is 10.3. The molecule has 7 heteroatoms. The Balaban J connectivity index is 1.46. The van der Waals surface area contributed by atoms with Crippen molar-refractivity contribution in [1.29, 1.82) is 0 Å².